The summed E-state index contributed by atoms with van der Waals surface area (Å²) in [6.45, 7) is 5.84. The molecule has 1 aliphatic rings. The molecule has 1 saturated heterocycles. The van der Waals surface area contributed by atoms with Crippen molar-refractivity contribution in [3.63, 3.8) is 0 Å². The van der Waals surface area contributed by atoms with Gasteiger partial charge in [0.05, 0.1) is 0 Å². The first kappa shape index (κ1) is 12.3. The van der Waals surface area contributed by atoms with Gasteiger partial charge in [-0.25, -0.2) is 0 Å². The van der Waals surface area contributed by atoms with Crippen molar-refractivity contribution in [3.8, 4) is 0 Å². The van der Waals surface area contributed by atoms with Crippen LogP contribution in [-0.2, 0) is 0 Å². The molecular formula is C15H24N2. The van der Waals surface area contributed by atoms with Gasteiger partial charge in [-0.05, 0) is 56.4 Å². The maximum atomic E-state index is 5.75. The lowest BCUT2D eigenvalue weighted by Gasteiger charge is -2.41. The van der Waals surface area contributed by atoms with Crippen LogP contribution in [0.2, 0.25) is 0 Å². The molecule has 0 saturated carbocycles. The molecule has 0 spiro atoms. The third kappa shape index (κ3) is 2.74. The first-order valence-corrected chi connectivity index (χ1v) is 6.84. The van der Waals surface area contributed by atoms with Crippen molar-refractivity contribution in [1.29, 1.82) is 0 Å². The largest absolute Gasteiger partial charge is 0.399 e. The Bertz CT molecular complexity index is 342. The molecular weight excluding hydrogens is 208 g/mol. The van der Waals surface area contributed by atoms with E-state index in [2.05, 4.69) is 30.9 Å². The molecule has 1 fully saturated rings. The minimum atomic E-state index is 0.660. The molecule has 17 heavy (non-hydrogen) atoms. The van der Waals surface area contributed by atoms with Gasteiger partial charge in [-0.15, -0.1) is 0 Å². The van der Waals surface area contributed by atoms with E-state index in [-0.39, 0.29) is 0 Å². The highest BCUT2D eigenvalue weighted by Crippen LogP contribution is 2.31. The number of anilines is 2. The second-order valence-corrected chi connectivity index (χ2v) is 5.22. The Hall–Kier alpha value is -1.18. The van der Waals surface area contributed by atoms with Crippen molar-refractivity contribution in [3.05, 3.63) is 24.3 Å². The second-order valence-electron chi connectivity index (χ2n) is 5.22. The van der Waals surface area contributed by atoms with Gasteiger partial charge in [0.2, 0.25) is 0 Å². The Kier molecular flexibility index (Phi) is 3.93. The summed E-state index contributed by atoms with van der Waals surface area (Å²) in [5.74, 6) is 0.853. The van der Waals surface area contributed by atoms with Crippen LogP contribution in [-0.4, -0.2) is 12.6 Å². The molecule has 2 N–H and O–H groups in total. The molecule has 0 aromatic heterocycles. The lowest BCUT2D eigenvalue weighted by Crippen LogP contribution is -2.43. The van der Waals surface area contributed by atoms with E-state index in [0.717, 1.165) is 11.6 Å². The first-order valence-electron chi connectivity index (χ1n) is 6.84. The van der Waals surface area contributed by atoms with E-state index in [0.29, 0.717) is 6.04 Å². The number of hydrogen-bond acceptors (Lipinski definition) is 2. The molecule has 2 atom stereocenters. The zero-order valence-corrected chi connectivity index (χ0v) is 11.0. The van der Waals surface area contributed by atoms with Gasteiger partial charge in [0, 0.05) is 24.0 Å². The van der Waals surface area contributed by atoms with Gasteiger partial charge < -0.3 is 10.6 Å². The summed E-state index contributed by atoms with van der Waals surface area (Å²) in [6.07, 6.45) is 5.36. The van der Waals surface area contributed by atoms with E-state index in [4.69, 9.17) is 5.73 Å². The third-order valence-electron chi connectivity index (χ3n) is 4.03. The Morgan fingerprint density at radius 1 is 1.29 bits per heavy atom. The van der Waals surface area contributed by atoms with Gasteiger partial charge in [0.25, 0.3) is 0 Å². The highest BCUT2D eigenvalue weighted by molar-refractivity contribution is 5.54. The van der Waals surface area contributed by atoms with Gasteiger partial charge >= 0.3 is 0 Å². The maximum absolute atomic E-state index is 5.75. The molecule has 1 aromatic rings. The summed E-state index contributed by atoms with van der Waals surface area (Å²) in [5.41, 5.74) is 7.92. The Morgan fingerprint density at radius 2 is 2.00 bits per heavy atom. The minimum Gasteiger partial charge on any atom is -0.399 e. The van der Waals surface area contributed by atoms with Gasteiger partial charge in [-0.1, -0.05) is 13.3 Å². The fourth-order valence-electron chi connectivity index (χ4n) is 3.01. The zero-order chi connectivity index (χ0) is 12.3. The van der Waals surface area contributed by atoms with Crippen LogP contribution >= 0.6 is 0 Å². The third-order valence-corrected chi connectivity index (χ3v) is 4.03. The summed E-state index contributed by atoms with van der Waals surface area (Å²) in [6, 6.07) is 8.98. The van der Waals surface area contributed by atoms with Crippen LogP contribution in [0, 0.1) is 5.92 Å². The van der Waals surface area contributed by atoms with Crippen LogP contribution in [0.5, 0.6) is 0 Å². The summed E-state index contributed by atoms with van der Waals surface area (Å²) in [4.78, 5) is 2.54. The monoisotopic (exact) mass is 232 g/mol. The molecule has 2 nitrogen and oxygen atoms in total. The van der Waals surface area contributed by atoms with Crippen LogP contribution in [0.15, 0.2) is 24.3 Å². The van der Waals surface area contributed by atoms with Crippen LogP contribution in [0.4, 0.5) is 11.4 Å². The van der Waals surface area contributed by atoms with E-state index in [1.807, 2.05) is 12.1 Å². The molecule has 2 heteroatoms. The lowest BCUT2D eigenvalue weighted by atomic mass is 9.86. The quantitative estimate of drug-likeness (QED) is 0.806. The zero-order valence-electron chi connectivity index (χ0n) is 11.0. The molecule has 2 unspecified atom stereocenters. The first-order chi connectivity index (χ1) is 8.22. The summed E-state index contributed by atoms with van der Waals surface area (Å²) in [7, 11) is 0. The number of nitrogens with two attached hydrogens (primary N) is 1. The standard InChI is InChI=1S/C15H24N2/c1-3-5-13-6-4-11-17(12(13)2)15-9-7-14(16)8-10-15/h7-10,12-13H,3-6,11,16H2,1-2H3. The molecule has 0 radical (unpaired) electrons. The predicted molar refractivity (Wildman–Crippen MR) is 75.3 cm³/mol. The molecule has 0 aliphatic carbocycles. The van der Waals surface area contributed by atoms with Crippen molar-refractivity contribution >= 4 is 11.4 Å². The van der Waals surface area contributed by atoms with Crippen LogP contribution in [0.3, 0.4) is 0 Å². The topological polar surface area (TPSA) is 29.3 Å². The fourth-order valence-corrected chi connectivity index (χ4v) is 3.01. The number of nitrogens with zero attached hydrogens (tertiary/aromatic N) is 1. The van der Waals surface area contributed by atoms with Gasteiger partial charge in [-0.2, -0.15) is 0 Å². The highest BCUT2D eigenvalue weighted by Gasteiger charge is 2.27. The Morgan fingerprint density at radius 3 is 2.65 bits per heavy atom. The Balaban J connectivity index is 2.11. The van der Waals surface area contributed by atoms with Gasteiger partial charge in [0.1, 0.15) is 0 Å². The van der Waals surface area contributed by atoms with E-state index in [1.165, 1.54) is 37.9 Å². The highest BCUT2D eigenvalue weighted by atomic mass is 15.2. The smallest absolute Gasteiger partial charge is 0.0370 e. The summed E-state index contributed by atoms with van der Waals surface area (Å²) < 4.78 is 0. The fraction of sp³-hybridized carbons (Fsp3) is 0.600. The summed E-state index contributed by atoms with van der Waals surface area (Å²) >= 11 is 0. The average Bonchev–Trinajstić information content (AvgIpc) is 2.34. The lowest BCUT2D eigenvalue weighted by molar-refractivity contribution is 0.317. The number of benzene rings is 1. The number of nitrogen functional groups attached to an aromatic ring is 1. The predicted octanol–water partition coefficient (Wildman–Crippen LogP) is 3.67. The summed E-state index contributed by atoms with van der Waals surface area (Å²) in [5, 5.41) is 0. The van der Waals surface area contributed by atoms with Crippen molar-refractivity contribution < 1.29 is 0 Å². The minimum absolute atomic E-state index is 0.660. The normalized spacial score (nSPS) is 24.9. The van der Waals surface area contributed by atoms with E-state index in [1.54, 1.807) is 0 Å². The van der Waals surface area contributed by atoms with Crippen molar-refractivity contribution in [1.82, 2.24) is 0 Å². The van der Waals surface area contributed by atoms with E-state index < -0.39 is 0 Å². The molecule has 1 heterocycles. The average molecular weight is 232 g/mol. The van der Waals surface area contributed by atoms with E-state index >= 15 is 0 Å². The van der Waals surface area contributed by atoms with E-state index in [9.17, 15) is 0 Å². The van der Waals surface area contributed by atoms with Crippen LogP contribution in [0.1, 0.15) is 39.5 Å². The number of rotatable bonds is 3. The molecule has 2 rings (SSSR count). The number of piperidine rings is 1. The van der Waals surface area contributed by atoms with Gasteiger partial charge in [0.15, 0.2) is 0 Å². The number of hydrogen-bond donors (Lipinski definition) is 1. The molecule has 1 aromatic carbocycles. The van der Waals surface area contributed by atoms with Gasteiger partial charge in [-0.3, -0.25) is 0 Å². The van der Waals surface area contributed by atoms with Crippen molar-refractivity contribution in [2.45, 2.75) is 45.6 Å². The van der Waals surface area contributed by atoms with Crippen LogP contribution < -0.4 is 10.6 Å². The molecule has 0 amide bonds. The van der Waals surface area contributed by atoms with Crippen molar-refractivity contribution in [2.75, 3.05) is 17.2 Å². The molecule has 1 aliphatic heterocycles. The second kappa shape index (κ2) is 5.44. The SMILES string of the molecule is CCCC1CCCN(c2ccc(N)cc2)C1C. The maximum Gasteiger partial charge on any atom is 0.0370 e. The van der Waals surface area contributed by atoms with Crippen LogP contribution in [0.25, 0.3) is 0 Å². The van der Waals surface area contributed by atoms with Crippen molar-refractivity contribution in [2.24, 2.45) is 5.92 Å². The molecule has 0 bridgehead atoms. The Labute approximate surface area is 105 Å². The molecule has 94 valence electrons.